The fourth-order valence-corrected chi connectivity index (χ4v) is 5.35. The van der Waals surface area contributed by atoms with Gasteiger partial charge in [-0.3, -0.25) is 14.6 Å². The number of rotatable bonds is 7. The van der Waals surface area contributed by atoms with Gasteiger partial charge in [-0.2, -0.15) is 18.3 Å². The second kappa shape index (κ2) is 13.3. The van der Waals surface area contributed by atoms with Crippen LogP contribution in [-0.2, 0) is 12.7 Å². The van der Waals surface area contributed by atoms with Gasteiger partial charge in [-0.1, -0.05) is 18.2 Å². The summed E-state index contributed by atoms with van der Waals surface area (Å²) in [6.07, 6.45) is -2.80. The molecule has 7 nitrogen and oxygen atoms in total. The van der Waals surface area contributed by atoms with E-state index in [9.17, 15) is 27.9 Å². The number of benzene rings is 1. The summed E-state index contributed by atoms with van der Waals surface area (Å²) < 4.78 is 38.5. The fraction of sp³-hybridized carbons (Fsp3) is 0.154. The minimum absolute atomic E-state index is 0. The predicted octanol–water partition coefficient (Wildman–Crippen LogP) is 5.64. The summed E-state index contributed by atoms with van der Waals surface area (Å²) in [5.74, 6) is -0.929. The van der Waals surface area contributed by atoms with Crippen LogP contribution in [0.15, 0.2) is 71.3 Å². The Morgan fingerprint density at radius 1 is 1.08 bits per heavy atom. The minimum atomic E-state index is -4.45. The molecule has 0 aliphatic heterocycles. The van der Waals surface area contributed by atoms with Crippen LogP contribution < -0.4 is 5.43 Å². The predicted molar refractivity (Wildman–Crippen MR) is 146 cm³/mol. The molecule has 0 bridgehead atoms. The number of aromatic nitrogens is 1. The summed E-state index contributed by atoms with van der Waals surface area (Å²) in [7, 11) is 1.65. The van der Waals surface area contributed by atoms with Gasteiger partial charge in [0.1, 0.15) is 5.75 Å². The molecule has 1 radical (unpaired) electrons. The Bertz CT molecular complexity index is 1490. The molecular formula is C26H21F3KN4O3S2. The summed E-state index contributed by atoms with van der Waals surface area (Å²) in [6, 6.07) is 13.0. The average molecular weight is 598 g/mol. The molecule has 2 N–H and O–H groups in total. The molecule has 0 unspecified atom stereocenters. The smallest absolute Gasteiger partial charge is 0.416 e. The van der Waals surface area contributed by atoms with E-state index in [0.717, 1.165) is 40.5 Å². The molecule has 0 saturated heterocycles. The van der Waals surface area contributed by atoms with E-state index in [-0.39, 0.29) is 67.9 Å². The van der Waals surface area contributed by atoms with Crippen molar-refractivity contribution in [3.05, 3.63) is 92.7 Å². The molecular weight excluding hydrogens is 577 g/mol. The number of pyridine rings is 1. The van der Waals surface area contributed by atoms with Gasteiger partial charge in [-0.15, -0.1) is 22.7 Å². The van der Waals surface area contributed by atoms with E-state index in [2.05, 4.69) is 15.5 Å². The first-order valence-electron chi connectivity index (χ1n) is 11.1. The molecule has 3 aromatic heterocycles. The van der Waals surface area contributed by atoms with Crippen molar-refractivity contribution in [2.45, 2.75) is 19.6 Å². The van der Waals surface area contributed by atoms with Crippen LogP contribution in [-0.4, -0.2) is 90.9 Å². The zero-order valence-corrected chi connectivity index (χ0v) is 25.9. The van der Waals surface area contributed by atoms with E-state index in [1.165, 1.54) is 23.1 Å². The van der Waals surface area contributed by atoms with Gasteiger partial charge in [0, 0.05) is 70.0 Å². The molecule has 0 saturated carbocycles. The Morgan fingerprint density at radius 3 is 2.41 bits per heavy atom. The van der Waals surface area contributed by atoms with Crippen molar-refractivity contribution in [3.63, 3.8) is 0 Å². The maximum absolute atomic E-state index is 12.8. The summed E-state index contributed by atoms with van der Waals surface area (Å²) in [4.78, 5) is 32.1. The molecule has 0 aliphatic carbocycles. The molecule has 4 aromatic rings. The maximum Gasteiger partial charge on any atom is 0.416 e. The number of nitrogens with zero attached hydrogens (tertiary/aromatic N) is 3. The second-order valence-corrected chi connectivity index (χ2v) is 10.1. The summed E-state index contributed by atoms with van der Waals surface area (Å²) in [5.41, 5.74) is 3.43. The van der Waals surface area contributed by atoms with Crippen molar-refractivity contribution in [3.8, 4) is 16.2 Å². The zero-order valence-electron chi connectivity index (χ0n) is 21.1. The number of alkyl halides is 3. The monoisotopic (exact) mass is 597 g/mol. The number of carbonyl (C=O) groups is 2. The SMILES string of the molecule is CC(=NNC(=O)c1ccc(C(=O)N(C)Cc2ccccn2)s1)c1csc(-c2ccc(C(F)(F)F)cc2)c1O.[K]. The van der Waals surface area contributed by atoms with Crippen molar-refractivity contribution in [1.29, 1.82) is 0 Å². The Labute approximate surface area is 272 Å². The van der Waals surface area contributed by atoms with Gasteiger partial charge >= 0.3 is 6.18 Å². The molecule has 1 aromatic carbocycles. The van der Waals surface area contributed by atoms with Crippen LogP contribution in [0.2, 0.25) is 0 Å². The number of nitrogens with one attached hydrogen (secondary N) is 1. The Morgan fingerprint density at radius 2 is 1.77 bits per heavy atom. The first-order valence-corrected chi connectivity index (χ1v) is 12.8. The first-order chi connectivity index (χ1) is 18.0. The van der Waals surface area contributed by atoms with Crippen LogP contribution >= 0.6 is 22.7 Å². The molecule has 3 heterocycles. The van der Waals surface area contributed by atoms with Gasteiger partial charge in [-0.25, -0.2) is 5.43 Å². The van der Waals surface area contributed by atoms with E-state index in [0.29, 0.717) is 33.1 Å². The Balaban J connectivity index is 0.00000420. The Hall–Kier alpha value is -2.39. The van der Waals surface area contributed by atoms with Crippen LogP contribution in [0.5, 0.6) is 5.75 Å². The van der Waals surface area contributed by atoms with Gasteiger partial charge < -0.3 is 10.0 Å². The quantitative estimate of drug-likeness (QED) is 0.164. The third-order valence-electron chi connectivity index (χ3n) is 5.47. The molecule has 0 spiro atoms. The van der Waals surface area contributed by atoms with E-state index in [4.69, 9.17) is 0 Å². The topological polar surface area (TPSA) is 94.9 Å². The fourth-order valence-electron chi connectivity index (χ4n) is 3.44. The number of carbonyl (C=O) groups excluding carboxylic acids is 2. The van der Waals surface area contributed by atoms with Crippen LogP contribution in [0.4, 0.5) is 13.2 Å². The van der Waals surface area contributed by atoms with Crippen molar-refractivity contribution in [2.24, 2.45) is 5.10 Å². The van der Waals surface area contributed by atoms with E-state index in [1.807, 2.05) is 12.1 Å². The van der Waals surface area contributed by atoms with Crippen molar-refractivity contribution in [2.75, 3.05) is 7.05 Å². The number of hydrogen-bond acceptors (Lipinski definition) is 7. The number of amides is 2. The molecule has 39 heavy (non-hydrogen) atoms. The maximum atomic E-state index is 12.8. The summed E-state index contributed by atoms with van der Waals surface area (Å²) in [6.45, 7) is 1.90. The van der Waals surface area contributed by atoms with Crippen LogP contribution in [0.3, 0.4) is 0 Å². The van der Waals surface area contributed by atoms with Gasteiger partial charge in [0.2, 0.25) is 0 Å². The molecule has 0 aliphatic rings. The van der Waals surface area contributed by atoms with E-state index in [1.54, 1.807) is 37.7 Å². The number of hydrazone groups is 1. The van der Waals surface area contributed by atoms with E-state index < -0.39 is 17.6 Å². The normalized spacial score (nSPS) is 11.6. The number of thiophene rings is 2. The average Bonchev–Trinajstić information content (AvgIpc) is 3.54. The van der Waals surface area contributed by atoms with Crippen LogP contribution in [0, 0.1) is 0 Å². The first kappa shape index (κ1) is 31.1. The number of halogens is 3. The largest absolute Gasteiger partial charge is 0.506 e. The molecule has 4 rings (SSSR count). The second-order valence-electron chi connectivity index (χ2n) is 8.19. The van der Waals surface area contributed by atoms with Crippen molar-refractivity contribution in [1.82, 2.24) is 15.3 Å². The molecule has 13 heteroatoms. The molecule has 197 valence electrons. The van der Waals surface area contributed by atoms with Crippen LogP contribution in [0.25, 0.3) is 10.4 Å². The molecule has 0 atom stereocenters. The molecule has 2 amide bonds. The van der Waals surface area contributed by atoms with Gasteiger partial charge in [-0.05, 0) is 48.9 Å². The van der Waals surface area contributed by atoms with Gasteiger partial charge in [0.25, 0.3) is 11.8 Å². The third-order valence-corrected chi connectivity index (χ3v) is 7.56. The standard InChI is InChI=1S/C26H21F3N4O3S2.K/c1-15(19-14-37-23(22(19)34)16-6-8-17(9-7-16)26(27,28)29)31-32-24(35)20-10-11-21(38-20)25(36)33(2)13-18-5-3-4-12-30-18;/h3-12,14,34H,13H2,1-2H3,(H,32,35);. The Kier molecular flexibility index (Phi) is 10.6. The number of aromatic hydroxyl groups is 1. The van der Waals surface area contributed by atoms with Gasteiger partial charge in [0.15, 0.2) is 0 Å². The zero-order chi connectivity index (χ0) is 27.4. The van der Waals surface area contributed by atoms with Crippen molar-refractivity contribution >= 4 is 91.6 Å². The molecule has 0 fully saturated rings. The summed E-state index contributed by atoms with van der Waals surface area (Å²) in [5, 5.41) is 16.3. The minimum Gasteiger partial charge on any atom is -0.506 e. The summed E-state index contributed by atoms with van der Waals surface area (Å²) >= 11 is 2.16. The third kappa shape index (κ3) is 7.63. The number of hydrogen-bond donors (Lipinski definition) is 2. The van der Waals surface area contributed by atoms with Crippen molar-refractivity contribution < 1.29 is 27.9 Å². The van der Waals surface area contributed by atoms with E-state index >= 15 is 0 Å². The van der Waals surface area contributed by atoms with Gasteiger partial charge in [0.05, 0.1) is 43.7 Å². The van der Waals surface area contributed by atoms with Crippen LogP contribution in [0.1, 0.15) is 43.1 Å².